The Morgan fingerprint density at radius 3 is 2.46 bits per heavy atom. The minimum Gasteiger partial charge on any atom is -0.471 e. The lowest BCUT2D eigenvalue weighted by Crippen LogP contribution is -2.40. The van der Waals surface area contributed by atoms with Crippen LogP contribution in [0.1, 0.15) is 87.0 Å². The average molecular weight is 576 g/mol. The molecular formula is C34H42FN3O2S. The smallest absolute Gasteiger partial charge is 0.255 e. The Balaban J connectivity index is 0.00000226. The highest BCUT2D eigenvalue weighted by Crippen LogP contribution is 2.45. The van der Waals surface area contributed by atoms with Crippen molar-refractivity contribution in [2.45, 2.75) is 83.4 Å². The number of ether oxygens (including phenoxy) is 1. The van der Waals surface area contributed by atoms with Crippen molar-refractivity contribution in [2.24, 2.45) is 0 Å². The summed E-state index contributed by atoms with van der Waals surface area (Å²) < 4.78 is 23.1. The molecule has 1 aromatic heterocycles. The Bertz CT molecular complexity index is 1310. The van der Waals surface area contributed by atoms with Gasteiger partial charge in [0.2, 0.25) is 5.88 Å². The van der Waals surface area contributed by atoms with E-state index in [-0.39, 0.29) is 24.3 Å². The Labute approximate surface area is 249 Å². The highest BCUT2D eigenvalue weighted by atomic mass is 32.2. The molecule has 41 heavy (non-hydrogen) atoms. The molecule has 0 bridgehead atoms. The number of benzene rings is 2. The second-order valence-corrected chi connectivity index (χ2v) is 11.8. The summed E-state index contributed by atoms with van der Waals surface area (Å²) in [6, 6.07) is 17.3. The van der Waals surface area contributed by atoms with Crippen molar-refractivity contribution < 1.29 is 13.9 Å². The molecule has 0 fully saturated rings. The summed E-state index contributed by atoms with van der Waals surface area (Å²) in [6.07, 6.45) is 13.5. The van der Waals surface area contributed by atoms with Crippen molar-refractivity contribution in [3.8, 4) is 18.7 Å². The summed E-state index contributed by atoms with van der Waals surface area (Å²) in [5, 5.41) is 0. The number of fused-ring (bicyclic) bond motifs is 1. The molecule has 2 heterocycles. The normalized spacial score (nSPS) is 15.3. The lowest BCUT2D eigenvalue weighted by atomic mass is 9.90. The van der Waals surface area contributed by atoms with Crippen LogP contribution in [0.5, 0.6) is 5.88 Å². The van der Waals surface area contributed by atoms with Gasteiger partial charge in [-0.2, -0.15) is 0 Å². The van der Waals surface area contributed by atoms with Crippen LogP contribution in [0.4, 0.5) is 4.39 Å². The Hall–Kier alpha value is -3.34. The van der Waals surface area contributed by atoms with E-state index in [9.17, 15) is 9.18 Å². The van der Waals surface area contributed by atoms with Gasteiger partial charge in [0.1, 0.15) is 11.4 Å². The molecule has 1 aliphatic heterocycles. The van der Waals surface area contributed by atoms with E-state index in [1.807, 2.05) is 13.0 Å². The average Bonchev–Trinajstić information content (AvgIpc) is 2.99. The summed E-state index contributed by atoms with van der Waals surface area (Å²) in [4.78, 5) is 21.1. The van der Waals surface area contributed by atoms with E-state index >= 15 is 0 Å². The summed E-state index contributed by atoms with van der Waals surface area (Å²) in [5.41, 5.74) is 2.84. The number of terminal acetylenes is 1. The Morgan fingerprint density at radius 2 is 1.83 bits per heavy atom. The quantitative estimate of drug-likeness (QED) is 0.171. The first-order chi connectivity index (χ1) is 19.7. The fourth-order valence-electron chi connectivity index (χ4n) is 4.89. The predicted octanol–water partition coefficient (Wildman–Crippen LogP) is 8.11. The third-order valence-electron chi connectivity index (χ3n) is 7.16. The van der Waals surface area contributed by atoms with Crippen LogP contribution in [0.3, 0.4) is 0 Å². The van der Waals surface area contributed by atoms with E-state index in [1.54, 1.807) is 41.2 Å². The van der Waals surface area contributed by atoms with Crippen LogP contribution in [0.25, 0.3) is 0 Å². The zero-order valence-corrected chi connectivity index (χ0v) is 25.7. The van der Waals surface area contributed by atoms with Crippen LogP contribution < -0.4 is 4.74 Å². The zero-order chi connectivity index (χ0) is 30.0. The van der Waals surface area contributed by atoms with Gasteiger partial charge in [-0.15, -0.1) is 12.8 Å². The number of aryl methyl sites for hydroxylation is 1. The Morgan fingerprint density at radius 1 is 1.12 bits per heavy atom. The van der Waals surface area contributed by atoms with Gasteiger partial charge in [0.05, 0.1) is 11.6 Å². The molecule has 0 radical (unpaired) electrons. The fourth-order valence-corrected chi connectivity index (χ4v) is 5.95. The van der Waals surface area contributed by atoms with Gasteiger partial charge in [-0.05, 0) is 75.4 Å². The molecule has 218 valence electrons. The standard InChI is InChI=1S/C32H40FN3O2S.C2H2/c1-6-9-18-36(39-26-16-14-23(7-2)15-17-26)29-20-32(4,5)38-30-27(29)19-25(21-34-30)31(37)35(8-3)22-24-12-10-11-13-28(24)33;1-2/h10-17,19,21,29H,6-9,18,20,22H2,1-5H3;1-2H/t29-;/m0./s1. The minimum absolute atomic E-state index is 0.0213. The van der Waals surface area contributed by atoms with E-state index in [0.29, 0.717) is 23.6 Å². The number of aromatic nitrogens is 1. The molecule has 0 saturated carbocycles. The molecule has 0 unspecified atom stereocenters. The first kappa shape index (κ1) is 32.2. The molecule has 0 N–H and O–H groups in total. The van der Waals surface area contributed by atoms with Gasteiger partial charge in [0.25, 0.3) is 5.91 Å². The summed E-state index contributed by atoms with van der Waals surface area (Å²) in [5.74, 6) is 0.106. The van der Waals surface area contributed by atoms with E-state index in [1.165, 1.54) is 16.5 Å². The van der Waals surface area contributed by atoms with Crippen LogP contribution in [0, 0.1) is 18.7 Å². The van der Waals surface area contributed by atoms with Gasteiger partial charge >= 0.3 is 0 Å². The zero-order valence-electron chi connectivity index (χ0n) is 24.9. The van der Waals surface area contributed by atoms with Crippen molar-refractivity contribution >= 4 is 17.9 Å². The van der Waals surface area contributed by atoms with Crippen molar-refractivity contribution in [1.29, 1.82) is 0 Å². The van der Waals surface area contributed by atoms with Crippen LogP contribution in [0.15, 0.2) is 65.7 Å². The summed E-state index contributed by atoms with van der Waals surface area (Å²) in [6.45, 7) is 12.0. The van der Waals surface area contributed by atoms with Crippen molar-refractivity contribution in [2.75, 3.05) is 13.1 Å². The number of hydrogen-bond acceptors (Lipinski definition) is 5. The maximum absolute atomic E-state index is 14.3. The fraction of sp³-hybridized carbons (Fsp3) is 0.412. The van der Waals surface area contributed by atoms with Crippen molar-refractivity contribution in [3.05, 3.63) is 88.9 Å². The molecule has 5 nitrogen and oxygen atoms in total. The second-order valence-electron chi connectivity index (χ2n) is 10.7. The highest BCUT2D eigenvalue weighted by molar-refractivity contribution is 7.97. The van der Waals surface area contributed by atoms with Crippen LogP contribution in [-0.2, 0) is 13.0 Å². The minimum atomic E-state index is -0.395. The van der Waals surface area contributed by atoms with Crippen molar-refractivity contribution in [3.63, 3.8) is 0 Å². The number of halogens is 1. The Kier molecular flexibility index (Phi) is 11.8. The van der Waals surface area contributed by atoms with Crippen LogP contribution in [0.2, 0.25) is 0 Å². The number of hydrogen-bond donors (Lipinski definition) is 0. The number of carbonyl (C=O) groups is 1. The van der Waals surface area contributed by atoms with Gasteiger partial charge in [0, 0.05) is 48.3 Å². The third kappa shape index (κ3) is 8.34. The number of carbonyl (C=O) groups excluding carboxylic acids is 1. The topological polar surface area (TPSA) is 45.7 Å². The number of unbranched alkanes of at least 4 members (excludes halogenated alkanes) is 1. The summed E-state index contributed by atoms with van der Waals surface area (Å²) >= 11 is 1.76. The van der Waals surface area contributed by atoms with E-state index < -0.39 is 5.60 Å². The first-order valence-electron chi connectivity index (χ1n) is 14.3. The van der Waals surface area contributed by atoms with E-state index in [2.05, 4.69) is 74.1 Å². The molecule has 1 atom stereocenters. The lowest BCUT2D eigenvalue weighted by Gasteiger charge is -2.41. The van der Waals surface area contributed by atoms with Crippen LogP contribution >= 0.6 is 11.9 Å². The van der Waals surface area contributed by atoms with Gasteiger partial charge in [0.15, 0.2) is 0 Å². The van der Waals surface area contributed by atoms with Crippen LogP contribution in [-0.4, -0.2) is 38.8 Å². The maximum Gasteiger partial charge on any atom is 0.255 e. The molecule has 0 aliphatic carbocycles. The van der Waals surface area contributed by atoms with E-state index in [0.717, 1.165) is 37.8 Å². The summed E-state index contributed by atoms with van der Waals surface area (Å²) in [7, 11) is 0. The van der Waals surface area contributed by atoms with Gasteiger partial charge in [-0.25, -0.2) is 13.7 Å². The molecule has 3 aromatic rings. The van der Waals surface area contributed by atoms with Gasteiger partial charge in [-0.3, -0.25) is 4.79 Å². The lowest BCUT2D eigenvalue weighted by molar-refractivity contribution is 0.0463. The van der Waals surface area contributed by atoms with Gasteiger partial charge < -0.3 is 9.64 Å². The number of amides is 1. The van der Waals surface area contributed by atoms with Crippen molar-refractivity contribution in [1.82, 2.24) is 14.2 Å². The van der Waals surface area contributed by atoms with E-state index in [4.69, 9.17) is 4.74 Å². The number of pyridine rings is 1. The molecule has 1 aliphatic rings. The second kappa shape index (κ2) is 15.0. The SMILES string of the molecule is C#C.CCCCN(Sc1ccc(CC)cc1)[C@H]1CC(C)(C)Oc2ncc(C(=O)N(CC)Cc3ccccc3F)cc21. The molecular weight excluding hydrogens is 533 g/mol. The largest absolute Gasteiger partial charge is 0.471 e. The monoisotopic (exact) mass is 575 g/mol. The maximum atomic E-state index is 14.3. The molecule has 7 heteroatoms. The third-order valence-corrected chi connectivity index (χ3v) is 8.32. The first-order valence-corrected chi connectivity index (χ1v) is 15.1. The molecule has 0 saturated heterocycles. The highest BCUT2D eigenvalue weighted by Gasteiger charge is 2.38. The number of rotatable bonds is 11. The molecule has 2 aromatic carbocycles. The molecule has 0 spiro atoms. The molecule has 1 amide bonds. The molecule has 4 rings (SSSR count). The predicted molar refractivity (Wildman–Crippen MR) is 166 cm³/mol. The van der Waals surface area contributed by atoms with Gasteiger partial charge in [-0.1, -0.05) is 50.6 Å². The number of nitrogens with zero attached hydrogens (tertiary/aromatic N) is 3.